The molecule has 0 saturated heterocycles. The van der Waals surface area contributed by atoms with Crippen LogP contribution in [0, 0.1) is 0 Å². The second-order valence-corrected chi connectivity index (χ2v) is 7.19. The van der Waals surface area contributed by atoms with Crippen molar-refractivity contribution in [3.8, 4) is 22.5 Å². The molecule has 0 aromatic carbocycles. The Morgan fingerprint density at radius 1 is 0.781 bits per heavy atom. The molecule has 6 rings (SSSR count). The van der Waals surface area contributed by atoms with Gasteiger partial charge in [0, 0.05) is 66.0 Å². The summed E-state index contributed by atoms with van der Waals surface area (Å²) in [6, 6.07) is 10.1. The van der Waals surface area contributed by atoms with Crippen LogP contribution >= 0.6 is 0 Å². The van der Waals surface area contributed by atoms with Crippen molar-refractivity contribution >= 4 is 22.1 Å². The van der Waals surface area contributed by atoms with E-state index >= 15 is 0 Å². The normalized spacial score (nSPS) is 11.1. The predicted octanol–water partition coefficient (Wildman–Crippen LogP) is 4.29. The summed E-state index contributed by atoms with van der Waals surface area (Å²) >= 11 is 0. The van der Waals surface area contributed by atoms with E-state index in [0.717, 1.165) is 52.1 Å². The molecule has 9 nitrogen and oxygen atoms in total. The summed E-state index contributed by atoms with van der Waals surface area (Å²) in [7, 11) is 0. The maximum absolute atomic E-state index is 4.29. The SMILES string of the molecule is CCn1cc(-c2ccnc3[nH]ccc23)nn1.CCn1nccc1-c1ccnc2[nH]ccc12. The van der Waals surface area contributed by atoms with Gasteiger partial charge in [-0.15, -0.1) is 5.10 Å². The molecule has 0 fully saturated rings. The van der Waals surface area contributed by atoms with Crippen LogP contribution in [0.25, 0.3) is 44.6 Å². The Morgan fingerprint density at radius 3 is 2.12 bits per heavy atom. The topological polar surface area (TPSA) is 106 Å². The van der Waals surface area contributed by atoms with Crippen LogP contribution < -0.4 is 0 Å². The van der Waals surface area contributed by atoms with E-state index in [4.69, 9.17) is 0 Å². The van der Waals surface area contributed by atoms with E-state index in [2.05, 4.69) is 42.3 Å². The van der Waals surface area contributed by atoms with Crippen LogP contribution in [0.2, 0.25) is 0 Å². The summed E-state index contributed by atoms with van der Waals surface area (Å²) in [5, 5.41) is 14.7. The van der Waals surface area contributed by atoms with E-state index < -0.39 is 0 Å². The van der Waals surface area contributed by atoms with Gasteiger partial charge in [-0.2, -0.15) is 5.10 Å². The van der Waals surface area contributed by atoms with Crippen LogP contribution in [0.15, 0.2) is 67.5 Å². The molecule has 0 bridgehead atoms. The van der Waals surface area contributed by atoms with E-state index in [0.29, 0.717) is 0 Å². The van der Waals surface area contributed by atoms with E-state index in [9.17, 15) is 0 Å². The standard InChI is InChI=1S/C12H12N4.C11H11N5/c1-2-16-11(5-8-15-16)9-3-6-13-12-10(9)4-7-14-12;1-2-16-7-10(14-15-16)8-3-5-12-11-9(8)4-6-13-11/h3-8H,2H2,1H3,(H,13,14);3-7H,2H2,1H3,(H,12,13). The van der Waals surface area contributed by atoms with Gasteiger partial charge in [0.25, 0.3) is 0 Å². The zero-order valence-corrected chi connectivity index (χ0v) is 17.9. The Balaban J connectivity index is 0.000000135. The first kappa shape index (κ1) is 19.7. The Kier molecular flexibility index (Phi) is 5.20. The first-order valence-electron chi connectivity index (χ1n) is 10.5. The Bertz CT molecular complexity index is 1470. The van der Waals surface area contributed by atoms with Gasteiger partial charge in [0.2, 0.25) is 0 Å². The van der Waals surface area contributed by atoms with Gasteiger partial charge in [0.1, 0.15) is 17.0 Å². The molecule has 0 aliphatic carbocycles. The number of pyridine rings is 2. The third-order valence-electron chi connectivity index (χ3n) is 5.35. The highest BCUT2D eigenvalue weighted by Gasteiger charge is 2.09. The monoisotopic (exact) mass is 425 g/mol. The molecule has 0 spiro atoms. The largest absolute Gasteiger partial charge is 0.346 e. The van der Waals surface area contributed by atoms with E-state index in [1.54, 1.807) is 6.20 Å². The Morgan fingerprint density at radius 2 is 1.47 bits per heavy atom. The van der Waals surface area contributed by atoms with Crippen molar-refractivity contribution in [2.75, 3.05) is 0 Å². The van der Waals surface area contributed by atoms with Crippen molar-refractivity contribution in [1.82, 2.24) is 44.7 Å². The number of nitrogens with one attached hydrogen (secondary N) is 2. The number of fused-ring (bicyclic) bond motifs is 2. The Labute approximate surface area is 184 Å². The molecule has 2 N–H and O–H groups in total. The number of aryl methyl sites for hydroxylation is 2. The molecule has 6 aromatic rings. The summed E-state index contributed by atoms with van der Waals surface area (Å²) in [4.78, 5) is 14.7. The van der Waals surface area contributed by atoms with Gasteiger partial charge in [0.05, 0.1) is 11.9 Å². The maximum atomic E-state index is 4.29. The number of rotatable bonds is 4. The van der Waals surface area contributed by atoms with Crippen molar-refractivity contribution in [3.63, 3.8) is 0 Å². The molecule has 0 unspecified atom stereocenters. The fourth-order valence-corrected chi connectivity index (χ4v) is 3.76. The van der Waals surface area contributed by atoms with Crippen molar-refractivity contribution < 1.29 is 0 Å². The summed E-state index contributed by atoms with van der Waals surface area (Å²) in [5.41, 5.74) is 6.05. The van der Waals surface area contributed by atoms with Crippen molar-refractivity contribution in [1.29, 1.82) is 0 Å². The van der Waals surface area contributed by atoms with Crippen LogP contribution in [-0.4, -0.2) is 44.7 Å². The lowest BCUT2D eigenvalue weighted by Gasteiger charge is -2.05. The molecule has 0 aliphatic rings. The van der Waals surface area contributed by atoms with E-state index in [1.165, 1.54) is 5.56 Å². The van der Waals surface area contributed by atoms with Gasteiger partial charge in [0.15, 0.2) is 0 Å². The molecule has 9 heteroatoms. The van der Waals surface area contributed by atoms with Crippen LogP contribution in [-0.2, 0) is 13.1 Å². The zero-order chi connectivity index (χ0) is 21.9. The molecule has 0 radical (unpaired) electrons. The first-order valence-corrected chi connectivity index (χ1v) is 10.5. The summed E-state index contributed by atoms with van der Waals surface area (Å²) < 4.78 is 3.80. The average Bonchev–Trinajstić information content (AvgIpc) is 3.63. The number of nitrogens with zero attached hydrogens (tertiary/aromatic N) is 7. The number of hydrogen-bond donors (Lipinski definition) is 2. The second kappa shape index (κ2) is 8.46. The van der Waals surface area contributed by atoms with E-state index in [1.807, 2.05) is 77.6 Å². The lowest BCUT2D eigenvalue weighted by atomic mass is 10.1. The third-order valence-corrected chi connectivity index (χ3v) is 5.35. The third kappa shape index (κ3) is 3.53. The highest BCUT2D eigenvalue weighted by molar-refractivity contribution is 5.92. The summed E-state index contributed by atoms with van der Waals surface area (Å²) in [6.07, 6.45) is 11.2. The molecule has 6 heterocycles. The summed E-state index contributed by atoms with van der Waals surface area (Å²) in [6.45, 7) is 5.83. The summed E-state index contributed by atoms with van der Waals surface area (Å²) in [5.74, 6) is 0. The minimum atomic E-state index is 0.828. The van der Waals surface area contributed by atoms with Gasteiger partial charge >= 0.3 is 0 Å². The fraction of sp³-hybridized carbons (Fsp3) is 0.174. The predicted molar refractivity (Wildman–Crippen MR) is 124 cm³/mol. The van der Waals surface area contributed by atoms with Crippen LogP contribution in [0.3, 0.4) is 0 Å². The van der Waals surface area contributed by atoms with Gasteiger partial charge in [-0.1, -0.05) is 5.21 Å². The lowest BCUT2D eigenvalue weighted by molar-refractivity contribution is 0.627. The van der Waals surface area contributed by atoms with Crippen LogP contribution in [0.1, 0.15) is 13.8 Å². The number of H-pyrrole nitrogens is 2. The molecule has 6 aromatic heterocycles. The van der Waals surface area contributed by atoms with Gasteiger partial charge in [-0.25, -0.2) is 9.97 Å². The van der Waals surface area contributed by atoms with Crippen molar-refractivity contribution in [2.45, 2.75) is 26.9 Å². The van der Waals surface area contributed by atoms with E-state index in [-0.39, 0.29) is 0 Å². The molecular formula is C23H23N9. The minimum Gasteiger partial charge on any atom is -0.346 e. The second-order valence-electron chi connectivity index (χ2n) is 7.19. The molecule has 160 valence electrons. The molecule has 32 heavy (non-hydrogen) atoms. The molecule has 0 saturated carbocycles. The Hall–Kier alpha value is -4.27. The molecular weight excluding hydrogens is 402 g/mol. The van der Waals surface area contributed by atoms with Gasteiger partial charge < -0.3 is 9.97 Å². The maximum Gasteiger partial charge on any atom is 0.137 e. The first-order chi connectivity index (χ1) is 15.8. The minimum absolute atomic E-state index is 0.828. The lowest BCUT2D eigenvalue weighted by Crippen LogP contribution is -1.98. The number of aromatic amines is 2. The molecule has 0 aliphatic heterocycles. The quantitative estimate of drug-likeness (QED) is 0.438. The zero-order valence-electron chi connectivity index (χ0n) is 17.9. The average molecular weight is 426 g/mol. The van der Waals surface area contributed by atoms with Gasteiger partial charge in [-0.3, -0.25) is 9.36 Å². The van der Waals surface area contributed by atoms with Gasteiger partial charge in [-0.05, 0) is 44.2 Å². The molecule has 0 atom stereocenters. The highest BCUT2D eigenvalue weighted by Crippen LogP contribution is 2.26. The van der Waals surface area contributed by atoms with Crippen LogP contribution in [0.5, 0.6) is 0 Å². The van der Waals surface area contributed by atoms with Crippen molar-refractivity contribution in [3.05, 3.63) is 67.5 Å². The van der Waals surface area contributed by atoms with Crippen LogP contribution in [0.4, 0.5) is 0 Å². The fourth-order valence-electron chi connectivity index (χ4n) is 3.76. The highest BCUT2D eigenvalue weighted by atomic mass is 15.4. The smallest absolute Gasteiger partial charge is 0.137 e. The molecule has 0 amide bonds. The number of hydrogen-bond acceptors (Lipinski definition) is 5. The van der Waals surface area contributed by atoms with Crippen molar-refractivity contribution in [2.24, 2.45) is 0 Å². The number of aromatic nitrogens is 9.